The van der Waals surface area contributed by atoms with Crippen molar-refractivity contribution in [2.24, 2.45) is 0 Å². The van der Waals surface area contributed by atoms with Crippen LogP contribution < -0.4 is 4.87 Å². The Morgan fingerprint density at radius 3 is 2.42 bits per heavy atom. The molecule has 0 bridgehead atoms. The Kier molecular flexibility index (Phi) is 4.52. The van der Waals surface area contributed by atoms with E-state index < -0.39 is 10.0 Å². The van der Waals surface area contributed by atoms with Gasteiger partial charge in [0.25, 0.3) is 0 Å². The standard InChI is InChI=1S/C16H15ClN2O3S2/c1-18(2)24(21,22)13-7-8-14-15(9-13)23-16(20)19(14)10-11-3-5-12(17)6-4-11/h3-9H,10H2,1-2H3. The Balaban J connectivity index is 2.06. The molecule has 0 unspecified atom stereocenters. The molecule has 2 aromatic carbocycles. The number of hydrogen-bond acceptors (Lipinski definition) is 4. The van der Waals surface area contributed by atoms with Gasteiger partial charge in [0.05, 0.1) is 21.7 Å². The van der Waals surface area contributed by atoms with Gasteiger partial charge in [0.15, 0.2) is 0 Å². The van der Waals surface area contributed by atoms with Gasteiger partial charge in [-0.2, -0.15) is 0 Å². The third kappa shape index (κ3) is 3.12. The molecule has 126 valence electrons. The molecule has 0 N–H and O–H groups in total. The third-order valence-electron chi connectivity index (χ3n) is 3.67. The minimum atomic E-state index is -3.52. The van der Waals surface area contributed by atoms with Gasteiger partial charge < -0.3 is 0 Å². The summed E-state index contributed by atoms with van der Waals surface area (Å²) in [6.07, 6.45) is 0. The Morgan fingerprint density at radius 1 is 1.12 bits per heavy atom. The first-order valence-corrected chi connectivity index (χ1v) is 9.73. The highest BCUT2D eigenvalue weighted by molar-refractivity contribution is 7.89. The Labute approximate surface area is 148 Å². The Morgan fingerprint density at radius 2 is 1.79 bits per heavy atom. The fourth-order valence-electron chi connectivity index (χ4n) is 2.34. The molecule has 0 saturated heterocycles. The number of sulfonamides is 1. The number of fused-ring (bicyclic) bond motifs is 1. The van der Waals surface area contributed by atoms with Crippen LogP contribution in [-0.4, -0.2) is 31.4 Å². The first-order valence-electron chi connectivity index (χ1n) is 7.09. The molecule has 3 rings (SSSR count). The number of benzene rings is 2. The summed E-state index contributed by atoms with van der Waals surface area (Å²) in [5, 5.41) is 0.639. The normalized spacial score (nSPS) is 12.2. The summed E-state index contributed by atoms with van der Waals surface area (Å²) >= 11 is 6.92. The predicted molar refractivity (Wildman–Crippen MR) is 97.5 cm³/mol. The zero-order chi connectivity index (χ0) is 17.5. The van der Waals surface area contributed by atoms with Crippen LogP contribution in [0.3, 0.4) is 0 Å². The smallest absolute Gasteiger partial charge is 0.294 e. The summed E-state index contributed by atoms with van der Waals surface area (Å²) in [7, 11) is -0.562. The highest BCUT2D eigenvalue weighted by atomic mass is 35.5. The van der Waals surface area contributed by atoms with Gasteiger partial charge in [0.2, 0.25) is 10.0 Å². The highest BCUT2D eigenvalue weighted by Gasteiger charge is 2.19. The van der Waals surface area contributed by atoms with E-state index in [0.717, 1.165) is 26.7 Å². The molecule has 1 aromatic heterocycles. The van der Waals surface area contributed by atoms with E-state index in [1.807, 2.05) is 12.1 Å². The van der Waals surface area contributed by atoms with E-state index in [9.17, 15) is 13.2 Å². The van der Waals surface area contributed by atoms with Gasteiger partial charge in [0.1, 0.15) is 0 Å². The predicted octanol–water partition coefficient (Wildman–Crippen LogP) is 3.02. The molecule has 0 aliphatic rings. The number of hydrogen-bond donors (Lipinski definition) is 0. The average molecular weight is 383 g/mol. The molecule has 0 aliphatic carbocycles. The maximum absolute atomic E-state index is 12.3. The largest absolute Gasteiger partial charge is 0.308 e. The summed E-state index contributed by atoms with van der Waals surface area (Å²) in [4.78, 5) is 12.4. The molecular weight excluding hydrogens is 368 g/mol. The molecule has 0 spiro atoms. The summed E-state index contributed by atoms with van der Waals surface area (Å²) in [5.41, 5.74) is 1.67. The second kappa shape index (κ2) is 6.33. The van der Waals surface area contributed by atoms with Crippen molar-refractivity contribution in [2.45, 2.75) is 11.4 Å². The van der Waals surface area contributed by atoms with Crippen LogP contribution in [0.25, 0.3) is 10.2 Å². The molecule has 0 amide bonds. The summed E-state index contributed by atoms with van der Waals surface area (Å²) in [6.45, 7) is 0.412. The van der Waals surface area contributed by atoms with Crippen LogP contribution in [0.1, 0.15) is 5.56 Å². The van der Waals surface area contributed by atoms with Crippen LogP contribution in [-0.2, 0) is 16.6 Å². The molecule has 0 radical (unpaired) electrons. The van der Waals surface area contributed by atoms with Gasteiger partial charge in [-0.25, -0.2) is 12.7 Å². The lowest BCUT2D eigenvalue weighted by Crippen LogP contribution is -2.22. The van der Waals surface area contributed by atoms with Crippen LogP contribution >= 0.6 is 22.9 Å². The molecule has 0 fully saturated rings. The van der Waals surface area contributed by atoms with E-state index in [-0.39, 0.29) is 9.77 Å². The van der Waals surface area contributed by atoms with Gasteiger partial charge in [0, 0.05) is 19.1 Å². The first-order chi connectivity index (χ1) is 11.3. The fourth-order valence-corrected chi connectivity index (χ4v) is 4.40. The topological polar surface area (TPSA) is 59.4 Å². The zero-order valence-electron chi connectivity index (χ0n) is 13.1. The van der Waals surface area contributed by atoms with E-state index in [1.54, 1.807) is 28.8 Å². The lowest BCUT2D eigenvalue weighted by Gasteiger charge is -2.11. The van der Waals surface area contributed by atoms with Crippen molar-refractivity contribution in [1.82, 2.24) is 8.87 Å². The zero-order valence-corrected chi connectivity index (χ0v) is 15.5. The Hall–Kier alpha value is -1.67. The maximum Gasteiger partial charge on any atom is 0.308 e. The second-order valence-corrected chi connectivity index (χ2v) is 9.08. The fraction of sp³-hybridized carbons (Fsp3) is 0.188. The maximum atomic E-state index is 12.3. The quantitative estimate of drug-likeness (QED) is 0.696. The molecule has 0 atom stereocenters. The molecule has 1 heterocycles. The summed E-state index contributed by atoms with van der Waals surface area (Å²) < 4.78 is 27.9. The van der Waals surface area contributed by atoms with E-state index in [2.05, 4.69) is 0 Å². The van der Waals surface area contributed by atoms with Crippen molar-refractivity contribution in [3.63, 3.8) is 0 Å². The number of nitrogens with zero attached hydrogens (tertiary/aromatic N) is 2. The molecule has 3 aromatic rings. The number of rotatable bonds is 4. The number of halogens is 1. The van der Waals surface area contributed by atoms with Crippen molar-refractivity contribution in [3.8, 4) is 0 Å². The number of thiazole rings is 1. The van der Waals surface area contributed by atoms with Crippen molar-refractivity contribution in [1.29, 1.82) is 0 Å². The van der Waals surface area contributed by atoms with Crippen molar-refractivity contribution in [2.75, 3.05) is 14.1 Å². The van der Waals surface area contributed by atoms with Crippen molar-refractivity contribution < 1.29 is 8.42 Å². The van der Waals surface area contributed by atoms with Crippen LogP contribution in [0.15, 0.2) is 52.2 Å². The van der Waals surface area contributed by atoms with E-state index in [1.165, 1.54) is 20.2 Å². The van der Waals surface area contributed by atoms with Gasteiger partial charge >= 0.3 is 4.87 Å². The summed E-state index contributed by atoms with van der Waals surface area (Å²) in [6, 6.07) is 12.0. The molecule has 5 nitrogen and oxygen atoms in total. The van der Waals surface area contributed by atoms with E-state index >= 15 is 0 Å². The number of aromatic nitrogens is 1. The molecule has 0 saturated carbocycles. The van der Waals surface area contributed by atoms with Gasteiger partial charge in [-0.15, -0.1) is 0 Å². The minimum Gasteiger partial charge on any atom is -0.294 e. The van der Waals surface area contributed by atoms with E-state index in [0.29, 0.717) is 16.3 Å². The van der Waals surface area contributed by atoms with Gasteiger partial charge in [-0.1, -0.05) is 35.1 Å². The molecule has 0 aliphatic heterocycles. The van der Waals surface area contributed by atoms with Crippen LogP contribution in [0.4, 0.5) is 0 Å². The average Bonchev–Trinajstić information content (AvgIpc) is 2.84. The van der Waals surface area contributed by atoms with Crippen LogP contribution in [0.5, 0.6) is 0 Å². The lowest BCUT2D eigenvalue weighted by atomic mass is 10.2. The molecule has 8 heteroatoms. The lowest BCUT2D eigenvalue weighted by molar-refractivity contribution is 0.521. The van der Waals surface area contributed by atoms with E-state index in [4.69, 9.17) is 11.6 Å². The minimum absolute atomic E-state index is 0.126. The monoisotopic (exact) mass is 382 g/mol. The van der Waals surface area contributed by atoms with Gasteiger partial charge in [-0.3, -0.25) is 9.36 Å². The third-order valence-corrected chi connectivity index (χ3v) is 6.68. The Bertz CT molecular complexity index is 1050. The van der Waals surface area contributed by atoms with Crippen LogP contribution in [0, 0.1) is 0 Å². The second-order valence-electron chi connectivity index (χ2n) is 5.50. The molecule has 24 heavy (non-hydrogen) atoms. The van der Waals surface area contributed by atoms with Crippen molar-refractivity contribution >= 4 is 43.2 Å². The highest BCUT2D eigenvalue weighted by Crippen LogP contribution is 2.24. The molecular formula is C16H15ClN2O3S2. The summed E-state index contributed by atoms with van der Waals surface area (Å²) in [5.74, 6) is 0. The van der Waals surface area contributed by atoms with Crippen molar-refractivity contribution in [3.05, 3.63) is 62.7 Å². The van der Waals surface area contributed by atoms with Gasteiger partial charge in [-0.05, 0) is 35.9 Å². The first kappa shape index (κ1) is 17.2. The van der Waals surface area contributed by atoms with Crippen LogP contribution in [0.2, 0.25) is 5.02 Å². The SMILES string of the molecule is CN(C)S(=O)(=O)c1ccc2c(c1)sc(=O)n2Cc1ccc(Cl)cc1.